The van der Waals surface area contributed by atoms with Crippen LogP contribution in [0.4, 0.5) is 5.69 Å². The average molecular weight is 551 g/mol. The van der Waals surface area contributed by atoms with Gasteiger partial charge in [-0.15, -0.1) is 0 Å². The molecule has 1 aliphatic carbocycles. The molecule has 184 valence electrons. The summed E-state index contributed by atoms with van der Waals surface area (Å²) in [5.41, 5.74) is 2.04. The standard InChI is InChI=1S/C25H32BrN3O4S/c1-18-8-4-7-11-23(18)29(34(3,32)33)17-24(30)28(16-20-12-14-21(26)15-13-20)19(2)25(31)27-22-9-5-6-10-22/h4,7-8,11-15,19,22H,5-6,9-10,16-17H2,1-3H3,(H,27,31)/t19-/m1/s1. The number of benzene rings is 2. The average Bonchev–Trinajstić information content (AvgIpc) is 3.29. The van der Waals surface area contributed by atoms with Gasteiger partial charge in [-0.25, -0.2) is 8.42 Å². The second-order valence-electron chi connectivity index (χ2n) is 8.87. The zero-order valence-corrected chi connectivity index (χ0v) is 22.2. The molecule has 34 heavy (non-hydrogen) atoms. The van der Waals surface area contributed by atoms with Crippen molar-refractivity contribution in [2.45, 2.75) is 58.2 Å². The van der Waals surface area contributed by atoms with Crippen LogP contribution in [0.5, 0.6) is 0 Å². The van der Waals surface area contributed by atoms with Crippen molar-refractivity contribution >= 4 is 43.5 Å². The summed E-state index contributed by atoms with van der Waals surface area (Å²) >= 11 is 3.41. The maximum absolute atomic E-state index is 13.6. The second kappa shape index (κ2) is 11.4. The molecule has 0 heterocycles. The summed E-state index contributed by atoms with van der Waals surface area (Å²) in [7, 11) is -3.73. The largest absolute Gasteiger partial charge is 0.352 e. The van der Waals surface area contributed by atoms with Crippen LogP contribution in [0.2, 0.25) is 0 Å². The van der Waals surface area contributed by atoms with Gasteiger partial charge in [-0.3, -0.25) is 13.9 Å². The molecule has 3 rings (SSSR count). The molecule has 1 fully saturated rings. The van der Waals surface area contributed by atoms with E-state index in [9.17, 15) is 18.0 Å². The molecular formula is C25H32BrN3O4S. The number of carbonyl (C=O) groups is 2. The summed E-state index contributed by atoms with van der Waals surface area (Å²) in [6.45, 7) is 3.30. The zero-order chi connectivity index (χ0) is 24.9. The van der Waals surface area contributed by atoms with Crippen LogP contribution in [0.25, 0.3) is 0 Å². The number of rotatable bonds is 9. The molecule has 0 aromatic heterocycles. The summed E-state index contributed by atoms with van der Waals surface area (Å²) in [5, 5.41) is 3.06. The number of anilines is 1. The Morgan fingerprint density at radius 3 is 2.29 bits per heavy atom. The third-order valence-electron chi connectivity index (χ3n) is 6.20. The minimum Gasteiger partial charge on any atom is -0.352 e. The van der Waals surface area contributed by atoms with E-state index in [1.54, 1.807) is 32.0 Å². The number of halogens is 1. The Labute approximate surface area is 210 Å². The Hall–Kier alpha value is -2.39. The van der Waals surface area contributed by atoms with Gasteiger partial charge in [0.2, 0.25) is 21.8 Å². The van der Waals surface area contributed by atoms with Gasteiger partial charge in [-0.2, -0.15) is 0 Å². The molecule has 0 spiro atoms. The highest BCUT2D eigenvalue weighted by atomic mass is 79.9. The van der Waals surface area contributed by atoms with E-state index in [0.29, 0.717) is 5.69 Å². The lowest BCUT2D eigenvalue weighted by molar-refractivity contribution is -0.139. The SMILES string of the molecule is Cc1ccccc1N(CC(=O)N(Cc1ccc(Br)cc1)[C@H](C)C(=O)NC1CCCC1)S(C)(=O)=O. The van der Waals surface area contributed by atoms with Gasteiger partial charge in [0.25, 0.3) is 0 Å². The summed E-state index contributed by atoms with van der Waals surface area (Å²) in [6.07, 6.45) is 5.13. The smallest absolute Gasteiger partial charge is 0.244 e. The number of carbonyl (C=O) groups excluding carboxylic acids is 2. The van der Waals surface area contributed by atoms with Crippen LogP contribution in [0.15, 0.2) is 53.0 Å². The fraction of sp³-hybridized carbons (Fsp3) is 0.440. The maximum Gasteiger partial charge on any atom is 0.244 e. The van der Waals surface area contributed by atoms with Gasteiger partial charge in [0, 0.05) is 17.1 Å². The highest BCUT2D eigenvalue weighted by Crippen LogP contribution is 2.23. The first-order valence-corrected chi connectivity index (χ1v) is 14.1. The number of nitrogens with zero attached hydrogens (tertiary/aromatic N) is 2. The molecule has 9 heteroatoms. The molecule has 1 aliphatic rings. The molecule has 0 unspecified atom stereocenters. The Kier molecular flexibility index (Phi) is 8.76. The molecule has 2 amide bonds. The number of hydrogen-bond acceptors (Lipinski definition) is 4. The van der Waals surface area contributed by atoms with Crippen molar-refractivity contribution in [3.8, 4) is 0 Å². The van der Waals surface area contributed by atoms with Gasteiger partial charge < -0.3 is 10.2 Å². The molecule has 1 saturated carbocycles. The highest BCUT2D eigenvalue weighted by molar-refractivity contribution is 9.10. The van der Waals surface area contributed by atoms with Gasteiger partial charge in [0.15, 0.2) is 0 Å². The van der Waals surface area contributed by atoms with Crippen molar-refractivity contribution in [2.75, 3.05) is 17.1 Å². The van der Waals surface area contributed by atoms with Gasteiger partial charge >= 0.3 is 0 Å². The second-order valence-corrected chi connectivity index (χ2v) is 11.7. The van der Waals surface area contributed by atoms with Crippen LogP contribution >= 0.6 is 15.9 Å². The third-order valence-corrected chi connectivity index (χ3v) is 7.85. The van der Waals surface area contributed by atoms with Crippen LogP contribution < -0.4 is 9.62 Å². The number of hydrogen-bond donors (Lipinski definition) is 1. The zero-order valence-electron chi connectivity index (χ0n) is 19.8. The number of sulfonamides is 1. The molecule has 0 radical (unpaired) electrons. The van der Waals surface area contributed by atoms with E-state index in [0.717, 1.165) is 51.8 Å². The quantitative estimate of drug-likeness (QED) is 0.512. The van der Waals surface area contributed by atoms with E-state index in [2.05, 4.69) is 21.2 Å². The lowest BCUT2D eigenvalue weighted by atomic mass is 10.1. The third kappa shape index (κ3) is 6.82. The topological polar surface area (TPSA) is 86.8 Å². The molecule has 0 saturated heterocycles. The summed E-state index contributed by atoms with van der Waals surface area (Å²) < 4.78 is 27.3. The van der Waals surface area contributed by atoms with E-state index in [-0.39, 0.29) is 25.0 Å². The van der Waals surface area contributed by atoms with Gasteiger partial charge in [0.1, 0.15) is 12.6 Å². The van der Waals surface area contributed by atoms with Gasteiger partial charge in [0.05, 0.1) is 11.9 Å². The molecule has 0 aliphatic heterocycles. The molecule has 2 aromatic rings. The number of para-hydroxylation sites is 1. The van der Waals surface area contributed by atoms with Gasteiger partial charge in [-0.1, -0.05) is 59.1 Å². The molecular weight excluding hydrogens is 518 g/mol. The summed E-state index contributed by atoms with van der Waals surface area (Å²) in [6, 6.07) is 13.9. The van der Waals surface area contributed by atoms with E-state index < -0.39 is 22.0 Å². The fourth-order valence-electron chi connectivity index (χ4n) is 4.20. The predicted octanol–water partition coefficient (Wildman–Crippen LogP) is 4.00. The van der Waals surface area contributed by atoms with Crippen LogP contribution in [-0.2, 0) is 26.2 Å². The van der Waals surface area contributed by atoms with Crippen LogP contribution in [0.3, 0.4) is 0 Å². The van der Waals surface area contributed by atoms with Crippen molar-refractivity contribution in [1.29, 1.82) is 0 Å². The summed E-state index contributed by atoms with van der Waals surface area (Å²) in [5.74, 6) is -0.662. The van der Waals surface area contributed by atoms with Gasteiger partial charge in [-0.05, 0) is 56.0 Å². The first-order chi connectivity index (χ1) is 16.1. The predicted molar refractivity (Wildman–Crippen MR) is 138 cm³/mol. The van der Waals surface area contributed by atoms with Crippen molar-refractivity contribution in [1.82, 2.24) is 10.2 Å². The lowest BCUT2D eigenvalue weighted by Gasteiger charge is -2.32. The molecule has 2 aromatic carbocycles. The van der Waals surface area contributed by atoms with Crippen molar-refractivity contribution in [3.63, 3.8) is 0 Å². The molecule has 7 nitrogen and oxygen atoms in total. The maximum atomic E-state index is 13.6. The van der Waals surface area contributed by atoms with E-state index in [1.165, 1.54) is 4.90 Å². The van der Waals surface area contributed by atoms with E-state index in [4.69, 9.17) is 0 Å². The first kappa shape index (κ1) is 26.2. The van der Waals surface area contributed by atoms with Crippen molar-refractivity contribution in [2.24, 2.45) is 0 Å². The minimum absolute atomic E-state index is 0.124. The molecule has 1 N–H and O–H groups in total. The lowest BCUT2D eigenvalue weighted by Crippen LogP contribution is -2.52. The number of aryl methyl sites for hydroxylation is 1. The van der Waals surface area contributed by atoms with Crippen LogP contribution in [0.1, 0.15) is 43.7 Å². The van der Waals surface area contributed by atoms with E-state index >= 15 is 0 Å². The normalized spacial score (nSPS) is 15.1. The Balaban J connectivity index is 1.88. The summed E-state index contributed by atoms with van der Waals surface area (Å²) in [4.78, 5) is 28.1. The Morgan fingerprint density at radius 1 is 1.09 bits per heavy atom. The Morgan fingerprint density at radius 2 is 1.71 bits per heavy atom. The van der Waals surface area contributed by atoms with Crippen LogP contribution in [0, 0.1) is 6.92 Å². The van der Waals surface area contributed by atoms with E-state index in [1.807, 2.05) is 30.3 Å². The monoisotopic (exact) mass is 549 g/mol. The van der Waals surface area contributed by atoms with Crippen molar-refractivity contribution in [3.05, 3.63) is 64.1 Å². The number of nitrogens with one attached hydrogen (secondary N) is 1. The molecule has 1 atom stereocenters. The van der Waals surface area contributed by atoms with Crippen LogP contribution in [-0.4, -0.2) is 50.0 Å². The van der Waals surface area contributed by atoms with Crippen molar-refractivity contribution < 1.29 is 18.0 Å². The Bertz CT molecular complexity index is 1120. The number of amides is 2. The molecule has 0 bridgehead atoms. The first-order valence-electron chi connectivity index (χ1n) is 11.4. The fourth-order valence-corrected chi connectivity index (χ4v) is 5.37. The minimum atomic E-state index is -3.73. The highest BCUT2D eigenvalue weighted by Gasteiger charge is 2.31.